The van der Waals surface area contributed by atoms with Crippen molar-refractivity contribution in [3.8, 4) is 0 Å². The predicted molar refractivity (Wildman–Crippen MR) is 188 cm³/mol. The summed E-state index contributed by atoms with van der Waals surface area (Å²) in [5.74, 6) is -3.23. The Balaban J connectivity index is 1.55. The van der Waals surface area contributed by atoms with Crippen LogP contribution in [0.5, 0.6) is 0 Å². The first kappa shape index (κ1) is 36.4. The third-order valence-electron chi connectivity index (χ3n) is 8.33. The van der Waals surface area contributed by atoms with Gasteiger partial charge in [-0.3, -0.25) is 19.4 Å². The van der Waals surface area contributed by atoms with Crippen molar-refractivity contribution in [2.45, 2.75) is 69.1 Å². The van der Waals surface area contributed by atoms with Crippen molar-refractivity contribution in [2.24, 2.45) is 27.9 Å². The summed E-state index contributed by atoms with van der Waals surface area (Å²) >= 11 is 0. The van der Waals surface area contributed by atoms with Crippen LogP contribution < -0.4 is 38.9 Å². The number of guanidine groups is 1. The Bertz CT molecular complexity index is 1760. The first-order valence-corrected chi connectivity index (χ1v) is 16.3. The molecule has 15 heteroatoms. The van der Waals surface area contributed by atoms with Gasteiger partial charge in [0, 0.05) is 53.6 Å². The van der Waals surface area contributed by atoms with Crippen molar-refractivity contribution < 1.29 is 24.3 Å². The van der Waals surface area contributed by atoms with Crippen LogP contribution in [-0.2, 0) is 32.0 Å². The summed E-state index contributed by atoms with van der Waals surface area (Å²) in [7, 11) is 0. The number of benzene rings is 2. The Labute approximate surface area is 283 Å². The number of carboxylic acid groups (broad SMARTS) is 1. The van der Waals surface area contributed by atoms with Gasteiger partial charge >= 0.3 is 5.97 Å². The third-order valence-corrected chi connectivity index (χ3v) is 8.33. The molecule has 0 bridgehead atoms. The third kappa shape index (κ3) is 10.3. The number of rotatable bonds is 19. The second kappa shape index (κ2) is 17.7. The SMILES string of the molecule is NCCCCC(N)C(=O)NC(Cc1c[nH]c2ccccc12)C(=O)NC(CCCN=C(N)N)C(=O)NC(Cc1c[nH]c2ccccc12)C(=O)O. The lowest BCUT2D eigenvalue weighted by Gasteiger charge is -2.25. The van der Waals surface area contributed by atoms with E-state index >= 15 is 0 Å². The number of hydrogen-bond donors (Lipinski definition) is 10. The van der Waals surface area contributed by atoms with Gasteiger partial charge in [-0.25, -0.2) is 4.79 Å². The number of nitrogens with one attached hydrogen (secondary N) is 5. The van der Waals surface area contributed by atoms with Gasteiger partial charge in [0.05, 0.1) is 6.04 Å². The number of carboxylic acids is 1. The monoisotopic (exact) mass is 674 g/mol. The number of nitrogens with zero attached hydrogens (tertiary/aromatic N) is 1. The Hall–Kier alpha value is -5.41. The fourth-order valence-corrected chi connectivity index (χ4v) is 5.69. The van der Waals surface area contributed by atoms with Crippen molar-refractivity contribution in [3.05, 3.63) is 72.1 Å². The molecule has 4 aromatic rings. The fraction of sp³-hybridized carbons (Fsp3) is 0.382. The number of amides is 3. The normalized spacial score (nSPS) is 13.7. The second-order valence-corrected chi connectivity index (χ2v) is 12.0. The van der Waals surface area contributed by atoms with Crippen LogP contribution in [0.3, 0.4) is 0 Å². The van der Waals surface area contributed by atoms with Gasteiger partial charge in [0.25, 0.3) is 0 Å². The lowest BCUT2D eigenvalue weighted by molar-refractivity contribution is -0.142. The number of unbranched alkanes of at least 4 members (excludes halogenated alkanes) is 1. The van der Waals surface area contributed by atoms with Gasteiger partial charge < -0.3 is 54.0 Å². The zero-order chi connectivity index (χ0) is 35.3. The largest absolute Gasteiger partial charge is 0.480 e. The predicted octanol–water partition coefficient (Wildman–Crippen LogP) is 0.483. The van der Waals surface area contributed by atoms with E-state index in [9.17, 15) is 24.3 Å². The molecule has 4 atom stereocenters. The van der Waals surface area contributed by atoms with Crippen LogP contribution in [0.1, 0.15) is 43.2 Å². The first-order valence-electron chi connectivity index (χ1n) is 16.3. The average Bonchev–Trinajstić information content (AvgIpc) is 3.69. The van der Waals surface area contributed by atoms with E-state index in [-0.39, 0.29) is 31.8 Å². The summed E-state index contributed by atoms with van der Waals surface area (Å²) < 4.78 is 0. The standard InChI is InChI=1S/C34H46N10O5/c35-14-6-5-10-24(36)30(45)43-28(16-20-18-40-25-11-3-1-8-22(20)25)32(47)42-27(13-7-15-39-34(37)38)31(46)44-29(33(48)49)17-21-19-41-26-12-4-2-9-23(21)26/h1-4,8-9,11-12,18-19,24,27-29,40-41H,5-7,10,13-17,35-36H2,(H,42,47)(H,43,45)(H,44,46)(H,48,49)(H4,37,38,39). The number of H-pyrrole nitrogens is 2. The van der Waals surface area contributed by atoms with Crippen molar-refractivity contribution in [2.75, 3.05) is 13.1 Å². The number of carbonyl (C=O) groups is 4. The Morgan fingerprint density at radius 1 is 0.714 bits per heavy atom. The molecule has 2 aromatic heterocycles. The van der Waals surface area contributed by atoms with Gasteiger partial charge in [-0.05, 0) is 55.5 Å². The van der Waals surface area contributed by atoms with E-state index in [1.165, 1.54) is 0 Å². The molecular weight excluding hydrogens is 628 g/mol. The molecule has 3 amide bonds. The molecular formula is C34H46N10O5. The van der Waals surface area contributed by atoms with E-state index in [4.69, 9.17) is 22.9 Å². The average molecular weight is 675 g/mol. The molecule has 0 aliphatic rings. The fourth-order valence-electron chi connectivity index (χ4n) is 5.69. The van der Waals surface area contributed by atoms with Gasteiger partial charge in [-0.2, -0.15) is 0 Å². The van der Waals surface area contributed by atoms with E-state index in [1.807, 2.05) is 48.5 Å². The molecule has 2 aromatic carbocycles. The summed E-state index contributed by atoms with van der Waals surface area (Å²) in [6, 6.07) is 10.5. The minimum Gasteiger partial charge on any atom is -0.480 e. The number of aliphatic imine (C=N–C) groups is 1. The number of nitrogens with two attached hydrogens (primary N) is 4. The number of para-hydroxylation sites is 2. The van der Waals surface area contributed by atoms with Gasteiger partial charge in [0.15, 0.2) is 5.96 Å². The van der Waals surface area contributed by atoms with Crippen LogP contribution in [0.2, 0.25) is 0 Å². The highest BCUT2D eigenvalue weighted by Crippen LogP contribution is 2.21. The molecule has 0 spiro atoms. The summed E-state index contributed by atoms with van der Waals surface area (Å²) in [6.45, 7) is 0.643. The second-order valence-electron chi connectivity index (χ2n) is 12.0. The molecule has 0 aliphatic carbocycles. The molecule has 4 unspecified atom stereocenters. The molecule has 0 radical (unpaired) electrons. The van der Waals surface area contributed by atoms with E-state index in [1.54, 1.807) is 12.4 Å². The van der Waals surface area contributed by atoms with Crippen molar-refractivity contribution in [3.63, 3.8) is 0 Å². The van der Waals surface area contributed by atoms with Crippen molar-refractivity contribution in [1.82, 2.24) is 25.9 Å². The lowest BCUT2D eigenvalue weighted by Crippen LogP contribution is -2.57. The van der Waals surface area contributed by atoms with Crippen molar-refractivity contribution in [1.29, 1.82) is 0 Å². The zero-order valence-electron chi connectivity index (χ0n) is 27.3. The van der Waals surface area contributed by atoms with Gasteiger partial charge in [-0.15, -0.1) is 0 Å². The van der Waals surface area contributed by atoms with Crippen LogP contribution >= 0.6 is 0 Å². The number of aliphatic carboxylic acids is 1. The number of aromatic nitrogens is 2. The molecule has 0 fully saturated rings. The number of fused-ring (bicyclic) bond motifs is 2. The van der Waals surface area contributed by atoms with E-state index in [2.05, 4.69) is 30.9 Å². The number of aromatic amines is 2. The van der Waals surface area contributed by atoms with E-state index in [0.29, 0.717) is 37.8 Å². The van der Waals surface area contributed by atoms with E-state index < -0.39 is 47.9 Å². The summed E-state index contributed by atoms with van der Waals surface area (Å²) in [6.07, 6.45) is 5.67. The highest BCUT2D eigenvalue weighted by atomic mass is 16.4. The molecule has 49 heavy (non-hydrogen) atoms. The lowest BCUT2D eigenvalue weighted by atomic mass is 10.0. The van der Waals surface area contributed by atoms with Crippen LogP contribution in [0.25, 0.3) is 21.8 Å². The quantitative estimate of drug-likeness (QED) is 0.0376. The number of hydrogen-bond acceptors (Lipinski definition) is 7. The van der Waals surface area contributed by atoms with Gasteiger partial charge in [-0.1, -0.05) is 42.8 Å². The Kier molecular flexibility index (Phi) is 13.1. The van der Waals surface area contributed by atoms with Crippen molar-refractivity contribution >= 4 is 51.5 Å². The number of carbonyl (C=O) groups excluding carboxylic acids is 3. The molecule has 4 rings (SSSR count). The summed E-state index contributed by atoms with van der Waals surface area (Å²) in [4.78, 5) is 63.4. The maximum atomic E-state index is 13.9. The molecule has 14 N–H and O–H groups in total. The minimum atomic E-state index is -1.29. The highest BCUT2D eigenvalue weighted by Gasteiger charge is 2.31. The van der Waals surface area contributed by atoms with Crippen LogP contribution in [0.4, 0.5) is 0 Å². The summed E-state index contributed by atoms with van der Waals surface area (Å²) in [5, 5.41) is 19.9. The van der Waals surface area contributed by atoms with E-state index in [0.717, 1.165) is 27.4 Å². The Morgan fingerprint density at radius 3 is 1.82 bits per heavy atom. The van der Waals surface area contributed by atoms with Gasteiger partial charge in [0.1, 0.15) is 18.1 Å². The van der Waals surface area contributed by atoms with Crippen LogP contribution in [-0.4, -0.2) is 82.0 Å². The molecule has 0 aliphatic heterocycles. The molecule has 2 heterocycles. The van der Waals surface area contributed by atoms with Crippen LogP contribution in [0, 0.1) is 0 Å². The molecule has 262 valence electrons. The Morgan fingerprint density at radius 2 is 1.24 bits per heavy atom. The first-order chi connectivity index (χ1) is 23.6. The highest BCUT2D eigenvalue weighted by molar-refractivity contribution is 5.95. The molecule has 15 nitrogen and oxygen atoms in total. The zero-order valence-corrected chi connectivity index (χ0v) is 27.3. The maximum Gasteiger partial charge on any atom is 0.326 e. The summed E-state index contributed by atoms with van der Waals surface area (Å²) in [5.41, 5.74) is 25.8. The van der Waals surface area contributed by atoms with Gasteiger partial charge in [0.2, 0.25) is 17.7 Å². The molecule has 0 saturated carbocycles. The minimum absolute atomic E-state index is 0.00104. The topological polar surface area (TPSA) is 273 Å². The maximum absolute atomic E-state index is 13.9. The molecule has 0 saturated heterocycles. The smallest absolute Gasteiger partial charge is 0.326 e. The van der Waals surface area contributed by atoms with Crippen LogP contribution in [0.15, 0.2) is 65.9 Å².